The first-order valence-electron chi connectivity index (χ1n) is 8.93. The summed E-state index contributed by atoms with van der Waals surface area (Å²) in [5.41, 5.74) is 3.28. The van der Waals surface area contributed by atoms with Crippen LogP contribution in [0.3, 0.4) is 0 Å². The Morgan fingerprint density at radius 3 is 2.60 bits per heavy atom. The molecule has 0 aliphatic carbocycles. The summed E-state index contributed by atoms with van der Waals surface area (Å²) >= 11 is 6.52. The van der Waals surface area contributed by atoms with Gasteiger partial charge in [0.25, 0.3) is 5.69 Å². The molecule has 30 heavy (non-hydrogen) atoms. The molecule has 0 amide bonds. The molecule has 0 saturated carbocycles. The second-order valence-electron chi connectivity index (χ2n) is 6.68. The number of rotatable bonds is 4. The summed E-state index contributed by atoms with van der Waals surface area (Å²) in [5, 5.41) is 15.8. The molecule has 0 radical (unpaired) electrons. The molecule has 0 N–H and O–H groups in total. The maximum absolute atomic E-state index is 12.3. The van der Waals surface area contributed by atoms with Crippen molar-refractivity contribution in [3.8, 4) is 5.69 Å². The molecule has 0 atom stereocenters. The smallest absolute Gasteiger partial charge is 0.363 e. The van der Waals surface area contributed by atoms with Crippen molar-refractivity contribution in [2.75, 3.05) is 0 Å². The predicted octanol–water partition coefficient (Wildman–Crippen LogP) is 4.40. The number of non-ortho nitro benzene ring substituents is 1. The lowest BCUT2D eigenvalue weighted by atomic mass is 10.2. The number of cyclic esters (lactones) is 1. The molecule has 2 heterocycles. The highest BCUT2D eigenvalue weighted by Gasteiger charge is 2.26. The van der Waals surface area contributed by atoms with Gasteiger partial charge < -0.3 is 4.74 Å². The fourth-order valence-electron chi connectivity index (χ4n) is 2.95. The Labute approximate surface area is 176 Å². The molecular formula is C21H15ClN4O4. The third-order valence-electron chi connectivity index (χ3n) is 4.53. The summed E-state index contributed by atoms with van der Waals surface area (Å²) in [4.78, 5) is 27.0. The molecule has 0 bridgehead atoms. The average molecular weight is 423 g/mol. The monoisotopic (exact) mass is 422 g/mol. The van der Waals surface area contributed by atoms with E-state index in [4.69, 9.17) is 16.3 Å². The van der Waals surface area contributed by atoms with Crippen LogP contribution in [0, 0.1) is 24.0 Å². The third kappa shape index (κ3) is 3.60. The van der Waals surface area contributed by atoms with E-state index >= 15 is 0 Å². The van der Waals surface area contributed by atoms with E-state index in [-0.39, 0.29) is 17.3 Å². The van der Waals surface area contributed by atoms with Gasteiger partial charge in [0.15, 0.2) is 5.70 Å². The van der Waals surface area contributed by atoms with Crippen LogP contribution in [0.1, 0.15) is 22.4 Å². The van der Waals surface area contributed by atoms with Crippen LogP contribution < -0.4 is 0 Å². The summed E-state index contributed by atoms with van der Waals surface area (Å²) < 4.78 is 6.78. The Balaban J connectivity index is 1.71. The van der Waals surface area contributed by atoms with Gasteiger partial charge in [-0.1, -0.05) is 35.4 Å². The molecule has 2 aromatic carbocycles. The second kappa shape index (κ2) is 7.57. The molecule has 0 fully saturated rings. The largest absolute Gasteiger partial charge is 0.402 e. The van der Waals surface area contributed by atoms with Crippen molar-refractivity contribution < 1.29 is 14.5 Å². The number of hydrogen-bond acceptors (Lipinski definition) is 6. The minimum Gasteiger partial charge on any atom is -0.402 e. The number of benzene rings is 2. The van der Waals surface area contributed by atoms with Crippen molar-refractivity contribution in [2.24, 2.45) is 4.99 Å². The first kappa shape index (κ1) is 19.5. The number of nitro benzene ring substituents is 1. The molecule has 1 aromatic heterocycles. The van der Waals surface area contributed by atoms with E-state index in [1.54, 1.807) is 17.7 Å². The van der Waals surface area contributed by atoms with Gasteiger partial charge in [-0.25, -0.2) is 14.5 Å². The van der Waals surface area contributed by atoms with Gasteiger partial charge in [0.05, 0.1) is 16.3 Å². The van der Waals surface area contributed by atoms with Crippen molar-refractivity contribution in [3.05, 3.63) is 91.9 Å². The van der Waals surface area contributed by atoms with Crippen LogP contribution in [-0.4, -0.2) is 26.6 Å². The van der Waals surface area contributed by atoms with Gasteiger partial charge in [0.1, 0.15) is 5.15 Å². The van der Waals surface area contributed by atoms with E-state index < -0.39 is 10.9 Å². The fourth-order valence-corrected chi connectivity index (χ4v) is 3.28. The summed E-state index contributed by atoms with van der Waals surface area (Å²) in [7, 11) is 0. The number of esters is 1. The zero-order valence-electron chi connectivity index (χ0n) is 16.0. The van der Waals surface area contributed by atoms with Gasteiger partial charge in [0.2, 0.25) is 5.90 Å². The average Bonchev–Trinajstić information content (AvgIpc) is 3.23. The van der Waals surface area contributed by atoms with Crippen LogP contribution in [0.4, 0.5) is 5.69 Å². The van der Waals surface area contributed by atoms with E-state index in [0.717, 1.165) is 11.3 Å². The predicted molar refractivity (Wildman–Crippen MR) is 112 cm³/mol. The standard InChI is InChI=1S/C21H15ClN4O4/c1-12-6-8-15(9-7-12)25-19(22)17(13(2)24-25)11-18-21(27)30-20(23-18)14-4-3-5-16(10-14)26(28)29/h3-11H,1-2H3/b18-11-. The molecule has 0 spiro atoms. The second-order valence-corrected chi connectivity index (χ2v) is 7.04. The Morgan fingerprint density at radius 2 is 1.90 bits per heavy atom. The lowest BCUT2D eigenvalue weighted by Crippen LogP contribution is -2.05. The number of aliphatic imine (C=N–C) groups is 1. The number of nitro groups is 1. The third-order valence-corrected chi connectivity index (χ3v) is 4.90. The van der Waals surface area contributed by atoms with Crippen molar-refractivity contribution in [3.63, 3.8) is 0 Å². The Hall–Kier alpha value is -3.78. The number of nitrogens with zero attached hydrogens (tertiary/aromatic N) is 4. The highest BCUT2D eigenvalue weighted by atomic mass is 35.5. The Kier molecular flexibility index (Phi) is 4.93. The Morgan fingerprint density at radius 1 is 1.17 bits per heavy atom. The SMILES string of the molecule is Cc1ccc(-n2nc(C)c(/C=C3\N=C(c4cccc([N+](=O)[O-])c4)OC3=O)c2Cl)cc1. The Bertz CT molecular complexity index is 1240. The zero-order valence-corrected chi connectivity index (χ0v) is 16.8. The summed E-state index contributed by atoms with van der Waals surface area (Å²) in [6.45, 7) is 3.76. The zero-order chi connectivity index (χ0) is 21.4. The topological polar surface area (TPSA) is 99.6 Å². The maximum Gasteiger partial charge on any atom is 0.363 e. The molecule has 3 aromatic rings. The van der Waals surface area contributed by atoms with Crippen molar-refractivity contribution in [1.82, 2.24) is 9.78 Å². The normalized spacial score (nSPS) is 14.7. The molecule has 9 heteroatoms. The van der Waals surface area contributed by atoms with E-state index in [1.165, 1.54) is 24.3 Å². The van der Waals surface area contributed by atoms with Gasteiger partial charge in [-0.3, -0.25) is 10.1 Å². The van der Waals surface area contributed by atoms with Gasteiger partial charge in [-0.05, 0) is 38.1 Å². The lowest BCUT2D eigenvalue weighted by molar-refractivity contribution is -0.384. The van der Waals surface area contributed by atoms with Crippen molar-refractivity contribution in [2.45, 2.75) is 13.8 Å². The van der Waals surface area contributed by atoms with E-state index in [2.05, 4.69) is 10.1 Å². The van der Waals surface area contributed by atoms with E-state index in [9.17, 15) is 14.9 Å². The van der Waals surface area contributed by atoms with Crippen LogP contribution in [0.2, 0.25) is 5.15 Å². The minimum atomic E-state index is -0.671. The highest BCUT2D eigenvalue weighted by molar-refractivity contribution is 6.31. The molecule has 8 nitrogen and oxygen atoms in total. The molecule has 0 saturated heterocycles. The van der Waals surface area contributed by atoms with Crippen LogP contribution in [-0.2, 0) is 9.53 Å². The lowest BCUT2D eigenvalue weighted by Gasteiger charge is -2.03. The number of aromatic nitrogens is 2. The number of ether oxygens (including phenoxy) is 1. The first-order valence-corrected chi connectivity index (χ1v) is 9.31. The minimum absolute atomic E-state index is 0.00495. The summed E-state index contributed by atoms with van der Waals surface area (Å²) in [6.07, 6.45) is 1.50. The number of carbonyl (C=O) groups is 1. The van der Waals surface area contributed by atoms with Gasteiger partial charge in [-0.15, -0.1) is 0 Å². The molecule has 1 aliphatic rings. The quantitative estimate of drug-likeness (QED) is 0.268. The molecular weight excluding hydrogens is 408 g/mol. The first-order chi connectivity index (χ1) is 14.3. The molecule has 150 valence electrons. The van der Waals surface area contributed by atoms with Crippen molar-refractivity contribution in [1.29, 1.82) is 0 Å². The highest BCUT2D eigenvalue weighted by Crippen LogP contribution is 2.28. The number of halogens is 1. The van der Waals surface area contributed by atoms with Crippen LogP contribution in [0.5, 0.6) is 0 Å². The van der Waals surface area contributed by atoms with Crippen molar-refractivity contribution >= 4 is 35.2 Å². The van der Waals surface area contributed by atoms with Gasteiger partial charge in [0, 0.05) is 23.3 Å². The van der Waals surface area contributed by atoms with Crippen LogP contribution in [0.15, 0.2) is 59.2 Å². The number of hydrogen-bond donors (Lipinski definition) is 0. The summed E-state index contributed by atoms with van der Waals surface area (Å²) in [6, 6.07) is 13.4. The number of carbonyl (C=O) groups excluding carboxylic acids is 1. The van der Waals surface area contributed by atoms with E-state index in [0.29, 0.717) is 22.0 Å². The fraction of sp³-hybridized carbons (Fsp3) is 0.0952. The maximum atomic E-state index is 12.3. The van der Waals surface area contributed by atoms with Crippen LogP contribution in [0.25, 0.3) is 11.8 Å². The van der Waals surface area contributed by atoms with Gasteiger partial charge >= 0.3 is 5.97 Å². The molecule has 1 aliphatic heterocycles. The molecule has 0 unspecified atom stereocenters. The van der Waals surface area contributed by atoms with E-state index in [1.807, 2.05) is 31.2 Å². The number of aryl methyl sites for hydroxylation is 2. The summed E-state index contributed by atoms with van der Waals surface area (Å²) in [5.74, 6) is -0.676. The van der Waals surface area contributed by atoms with Gasteiger partial charge in [-0.2, -0.15) is 5.10 Å². The molecule has 4 rings (SSSR count). The van der Waals surface area contributed by atoms with Crippen LogP contribution >= 0.6 is 11.6 Å².